The molecule has 26 heavy (non-hydrogen) atoms. The standard InChI is InChI=1S/C15H23ClN4O4S2/c16-14-2-1-13(25-14)3-10-26(22,23)17-20-5-4-18(12-20)11-15(21)19-6-8-24-9-7-19/h1-2,17H,3-12H2. The second kappa shape index (κ2) is 8.96. The molecule has 0 spiro atoms. The number of ether oxygens (including phenoxy) is 1. The Morgan fingerprint density at radius 3 is 2.69 bits per heavy atom. The number of thiophene rings is 1. The van der Waals surface area contributed by atoms with Gasteiger partial charge in [-0.3, -0.25) is 9.69 Å². The smallest absolute Gasteiger partial charge is 0.236 e. The number of sulfonamides is 1. The zero-order valence-electron chi connectivity index (χ0n) is 14.4. The number of nitrogens with zero attached hydrogens (tertiary/aromatic N) is 3. The normalized spacial score (nSPS) is 20.0. The summed E-state index contributed by atoms with van der Waals surface area (Å²) in [7, 11) is -3.43. The molecule has 2 saturated heterocycles. The van der Waals surface area contributed by atoms with Crippen molar-refractivity contribution in [2.24, 2.45) is 0 Å². The molecule has 2 aliphatic rings. The Labute approximate surface area is 162 Å². The van der Waals surface area contributed by atoms with E-state index in [9.17, 15) is 13.2 Å². The van der Waals surface area contributed by atoms with Crippen molar-refractivity contribution in [2.75, 3.05) is 58.4 Å². The molecular weight excluding hydrogens is 400 g/mol. The fourth-order valence-electron chi connectivity index (χ4n) is 2.92. The molecular formula is C15H23ClN4O4S2. The van der Waals surface area contributed by atoms with E-state index in [1.807, 2.05) is 11.0 Å². The van der Waals surface area contributed by atoms with Gasteiger partial charge in [0.05, 0.1) is 36.5 Å². The van der Waals surface area contributed by atoms with Gasteiger partial charge in [-0.05, 0) is 18.6 Å². The van der Waals surface area contributed by atoms with Crippen molar-refractivity contribution in [3.05, 3.63) is 21.3 Å². The molecule has 0 saturated carbocycles. The number of aryl methyl sites for hydroxylation is 1. The van der Waals surface area contributed by atoms with E-state index < -0.39 is 10.0 Å². The monoisotopic (exact) mass is 422 g/mol. The molecule has 0 atom stereocenters. The van der Waals surface area contributed by atoms with Gasteiger partial charge in [0.25, 0.3) is 0 Å². The molecule has 1 aromatic heterocycles. The summed E-state index contributed by atoms with van der Waals surface area (Å²) in [5.74, 6) is 0.0696. The highest BCUT2D eigenvalue weighted by atomic mass is 35.5. The number of morpholine rings is 1. The van der Waals surface area contributed by atoms with E-state index in [1.165, 1.54) is 11.3 Å². The first kappa shape index (κ1) is 20.0. The second-order valence-electron chi connectivity index (χ2n) is 6.32. The van der Waals surface area contributed by atoms with E-state index >= 15 is 0 Å². The lowest BCUT2D eigenvalue weighted by atomic mass is 10.4. The Bertz CT molecular complexity index is 721. The van der Waals surface area contributed by atoms with Crippen LogP contribution in [0.15, 0.2) is 12.1 Å². The molecule has 0 bridgehead atoms. The number of halogens is 1. The SMILES string of the molecule is O=C(CN1CCN(NS(=O)(=O)CCc2ccc(Cl)s2)C1)N1CCOCC1. The van der Waals surface area contributed by atoms with Crippen LogP contribution in [0.4, 0.5) is 0 Å². The maximum atomic E-state index is 12.3. The van der Waals surface area contributed by atoms with Crippen LogP contribution >= 0.6 is 22.9 Å². The number of hydrazine groups is 1. The molecule has 3 rings (SSSR count). The number of hydrogen-bond donors (Lipinski definition) is 1. The van der Waals surface area contributed by atoms with Gasteiger partial charge in [0.1, 0.15) is 0 Å². The third-order valence-corrected chi connectivity index (χ3v) is 6.86. The Morgan fingerprint density at radius 1 is 1.23 bits per heavy atom. The Balaban J connectivity index is 1.42. The molecule has 1 aromatic rings. The molecule has 1 amide bonds. The Kier molecular flexibility index (Phi) is 6.89. The van der Waals surface area contributed by atoms with Gasteiger partial charge < -0.3 is 9.64 Å². The second-order valence-corrected chi connectivity index (χ2v) is 9.94. The van der Waals surface area contributed by atoms with Gasteiger partial charge in [0.15, 0.2) is 0 Å². The van der Waals surface area contributed by atoms with Crippen LogP contribution in [0.5, 0.6) is 0 Å². The van der Waals surface area contributed by atoms with Gasteiger partial charge in [0, 0.05) is 31.1 Å². The minimum absolute atomic E-state index is 0.00699. The third-order valence-electron chi connectivity index (χ3n) is 4.29. The van der Waals surface area contributed by atoms with Crippen LogP contribution in [0.1, 0.15) is 4.88 Å². The maximum absolute atomic E-state index is 12.3. The molecule has 2 aliphatic heterocycles. The minimum Gasteiger partial charge on any atom is -0.378 e. The van der Waals surface area contributed by atoms with Crippen molar-refractivity contribution in [2.45, 2.75) is 6.42 Å². The van der Waals surface area contributed by atoms with Crippen LogP contribution in [0.3, 0.4) is 0 Å². The summed E-state index contributed by atoms with van der Waals surface area (Å²) in [6.07, 6.45) is 0.430. The quantitative estimate of drug-likeness (QED) is 0.676. The zero-order valence-corrected chi connectivity index (χ0v) is 16.8. The number of nitrogens with one attached hydrogen (secondary N) is 1. The Hall–Kier alpha value is -0.750. The largest absolute Gasteiger partial charge is 0.378 e. The average molecular weight is 423 g/mol. The summed E-state index contributed by atoms with van der Waals surface area (Å²) in [6.45, 7) is 4.30. The lowest BCUT2D eigenvalue weighted by molar-refractivity contribution is -0.136. The lowest BCUT2D eigenvalue weighted by Crippen LogP contribution is -2.46. The lowest BCUT2D eigenvalue weighted by Gasteiger charge is -2.28. The molecule has 11 heteroatoms. The van der Waals surface area contributed by atoms with Gasteiger partial charge in [-0.25, -0.2) is 13.4 Å². The van der Waals surface area contributed by atoms with Gasteiger partial charge in [-0.2, -0.15) is 0 Å². The highest BCUT2D eigenvalue weighted by Gasteiger charge is 2.27. The van der Waals surface area contributed by atoms with Crippen molar-refractivity contribution in [3.63, 3.8) is 0 Å². The summed E-state index contributed by atoms with van der Waals surface area (Å²) in [5.41, 5.74) is 0. The van der Waals surface area contributed by atoms with Crippen molar-refractivity contribution in [3.8, 4) is 0 Å². The van der Waals surface area contributed by atoms with Crippen LogP contribution in [-0.2, 0) is 26.0 Å². The summed E-state index contributed by atoms with van der Waals surface area (Å²) >= 11 is 7.26. The molecule has 146 valence electrons. The predicted octanol–water partition coefficient (Wildman–Crippen LogP) is 0.212. The highest BCUT2D eigenvalue weighted by Crippen LogP contribution is 2.22. The van der Waals surface area contributed by atoms with Crippen molar-refractivity contribution in [1.82, 2.24) is 19.6 Å². The van der Waals surface area contributed by atoms with Crippen LogP contribution in [0.25, 0.3) is 0 Å². The van der Waals surface area contributed by atoms with E-state index in [2.05, 4.69) is 4.83 Å². The maximum Gasteiger partial charge on any atom is 0.236 e. The van der Waals surface area contributed by atoms with E-state index in [-0.39, 0.29) is 11.7 Å². The van der Waals surface area contributed by atoms with E-state index in [0.29, 0.717) is 63.4 Å². The summed E-state index contributed by atoms with van der Waals surface area (Å²) in [5, 5.41) is 1.64. The fourth-order valence-corrected chi connectivity index (χ4v) is 5.25. The van der Waals surface area contributed by atoms with Crippen molar-refractivity contribution >= 4 is 38.9 Å². The zero-order chi connectivity index (χ0) is 18.6. The van der Waals surface area contributed by atoms with E-state index in [0.717, 1.165) is 4.88 Å². The van der Waals surface area contributed by atoms with Crippen molar-refractivity contribution < 1.29 is 17.9 Å². The predicted molar refractivity (Wildman–Crippen MR) is 101 cm³/mol. The molecule has 8 nitrogen and oxygen atoms in total. The van der Waals surface area contributed by atoms with Gasteiger partial charge >= 0.3 is 0 Å². The molecule has 2 fully saturated rings. The fraction of sp³-hybridized carbons (Fsp3) is 0.667. The van der Waals surface area contributed by atoms with E-state index in [4.69, 9.17) is 16.3 Å². The van der Waals surface area contributed by atoms with E-state index in [1.54, 1.807) is 16.0 Å². The van der Waals surface area contributed by atoms with Gasteiger partial charge in [0.2, 0.25) is 15.9 Å². The summed E-state index contributed by atoms with van der Waals surface area (Å²) in [6, 6.07) is 3.61. The van der Waals surface area contributed by atoms with Crippen molar-refractivity contribution in [1.29, 1.82) is 0 Å². The molecule has 1 N–H and O–H groups in total. The Morgan fingerprint density at radius 2 is 2.00 bits per heavy atom. The van der Waals surface area contributed by atoms with Gasteiger partial charge in [-0.1, -0.05) is 11.6 Å². The molecule has 0 aliphatic carbocycles. The number of amides is 1. The van der Waals surface area contributed by atoms with Crippen LogP contribution in [-0.4, -0.2) is 87.5 Å². The minimum atomic E-state index is -3.43. The third kappa shape index (κ3) is 5.88. The molecule has 0 radical (unpaired) electrons. The number of carbonyl (C=O) groups excluding carboxylic acids is 1. The van der Waals surface area contributed by atoms with Gasteiger partial charge in [-0.15, -0.1) is 16.2 Å². The average Bonchev–Trinajstić information content (AvgIpc) is 3.22. The first-order valence-corrected chi connectivity index (χ1v) is 11.3. The highest BCUT2D eigenvalue weighted by molar-refractivity contribution is 7.89. The van der Waals surface area contributed by atoms with Crippen LogP contribution in [0.2, 0.25) is 4.34 Å². The number of hydrogen-bond acceptors (Lipinski definition) is 7. The van der Waals surface area contributed by atoms with Crippen LogP contribution in [0, 0.1) is 0 Å². The number of rotatable bonds is 7. The summed E-state index contributed by atoms with van der Waals surface area (Å²) < 4.78 is 30.4. The first-order valence-electron chi connectivity index (χ1n) is 8.48. The molecule has 0 aromatic carbocycles. The molecule has 3 heterocycles. The number of carbonyl (C=O) groups is 1. The summed E-state index contributed by atoms with van der Waals surface area (Å²) in [4.78, 5) is 19.6. The molecule has 0 unspecified atom stereocenters. The topological polar surface area (TPSA) is 82.2 Å². The first-order chi connectivity index (χ1) is 12.4. The van der Waals surface area contributed by atoms with Crippen LogP contribution < -0.4 is 4.83 Å².